The molecule has 1 aliphatic rings. The number of likely N-dealkylation sites (N-methyl/N-ethyl adjacent to an activating group) is 1. The molecule has 1 amide bonds. The molecule has 7 nitrogen and oxygen atoms in total. The minimum absolute atomic E-state index is 0.0775. The standard InChI is InChI=1S/C17H28N4O3/c1-14(2)19(3)16(22)13-24-17(23)15-11-18-21(12-15)10-9-20-7-5-4-6-8-20/h11-12,14H,4-10,13H2,1-3H3. The molecular formula is C17H28N4O3. The van der Waals surface area contributed by atoms with Crippen molar-refractivity contribution >= 4 is 11.9 Å². The van der Waals surface area contributed by atoms with E-state index >= 15 is 0 Å². The second-order valence-electron chi connectivity index (χ2n) is 6.57. The largest absolute Gasteiger partial charge is 0.452 e. The predicted molar refractivity (Wildman–Crippen MR) is 90.7 cm³/mol. The lowest BCUT2D eigenvalue weighted by Crippen LogP contribution is -2.36. The highest BCUT2D eigenvalue weighted by Gasteiger charge is 2.17. The van der Waals surface area contributed by atoms with Crippen LogP contribution in [-0.4, -0.2) is 70.8 Å². The third-order valence-electron chi connectivity index (χ3n) is 4.46. The van der Waals surface area contributed by atoms with E-state index in [1.165, 1.54) is 25.5 Å². The SMILES string of the molecule is CC(C)N(C)C(=O)COC(=O)c1cnn(CCN2CCCCC2)c1. The Hall–Kier alpha value is -1.89. The van der Waals surface area contributed by atoms with Crippen molar-refractivity contribution in [3.63, 3.8) is 0 Å². The molecule has 0 spiro atoms. The Kier molecular flexibility index (Phi) is 6.78. The molecule has 0 aromatic carbocycles. The van der Waals surface area contributed by atoms with Gasteiger partial charge in [0, 0.05) is 25.8 Å². The summed E-state index contributed by atoms with van der Waals surface area (Å²) in [4.78, 5) is 27.8. The normalized spacial score (nSPS) is 15.5. The maximum atomic E-state index is 12.0. The number of aromatic nitrogens is 2. The van der Waals surface area contributed by atoms with Crippen LogP contribution in [0.4, 0.5) is 0 Å². The van der Waals surface area contributed by atoms with E-state index in [2.05, 4.69) is 10.00 Å². The summed E-state index contributed by atoms with van der Waals surface area (Å²) in [5, 5.41) is 4.21. The molecule has 0 aliphatic carbocycles. The quantitative estimate of drug-likeness (QED) is 0.704. The van der Waals surface area contributed by atoms with E-state index in [0.29, 0.717) is 5.56 Å². The number of carbonyl (C=O) groups is 2. The highest BCUT2D eigenvalue weighted by molar-refractivity contribution is 5.90. The number of nitrogens with zero attached hydrogens (tertiary/aromatic N) is 4. The summed E-state index contributed by atoms with van der Waals surface area (Å²) < 4.78 is 6.83. The first kappa shape index (κ1) is 18.4. The fraction of sp³-hybridized carbons (Fsp3) is 0.706. The zero-order chi connectivity index (χ0) is 17.5. The number of ether oxygens (including phenoxy) is 1. The summed E-state index contributed by atoms with van der Waals surface area (Å²) in [6.07, 6.45) is 7.02. The first-order valence-electron chi connectivity index (χ1n) is 8.65. The molecule has 7 heteroatoms. The second kappa shape index (κ2) is 8.82. The van der Waals surface area contributed by atoms with Crippen LogP contribution in [0.15, 0.2) is 12.4 Å². The van der Waals surface area contributed by atoms with Gasteiger partial charge in [0.2, 0.25) is 0 Å². The topological polar surface area (TPSA) is 67.7 Å². The van der Waals surface area contributed by atoms with Crippen molar-refractivity contribution in [3.8, 4) is 0 Å². The van der Waals surface area contributed by atoms with E-state index in [4.69, 9.17) is 4.74 Å². The lowest BCUT2D eigenvalue weighted by atomic mass is 10.1. The molecule has 0 saturated carbocycles. The van der Waals surface area contributed by atoms with Crippen molar-refractivity contribution in [1.29, 1.82) is 0 Å². The van der Waals surface area contributed by atoms with E-state index in [9.17, 15) is 9.59 Å². The highest BCUT2D eigenvalue weighted by Crippen LogP contribution is 2.08. The Morgan fingerprint density at radius 1 is 1.25 bits per heavy atom. The lowest BCUT2D eigenvalue weighted by Gasteiger charge is -2.26. The first-order chi connectivity index (χ1) is 11.5. The minimum atomic E-state index is -0.510. The Bertz CT molecular complexity index is 550. The first-order valence-corrected chi connectivity index (χ1v) is 8.65. The van der Waals surface area contributed by atoms with Crippen LogP contribution in [0.25, 0.3) is 0 Å². The molecule has 0 radical (unpaired) electrons. The van der Waals surface area contributed by atoms with Crippen LogP contribution in [0.5, 0.6) is 0 Å². The average Bonchev–Trinajstić information content (AvgIpc) is 3.06. The van der Waals surface area contributed by atoms with Crippen LogP contribution in [0.1, 0.15) is 43.5 Å². The second-order valence-corrected chi connectivity index (χ2v) is 6.57. The molecule has 1 saturated heterocycles. The van der Waals surface area contributed by atoms with Crippen molar-refractivity contribution < 1.29 is 14.3 Å². The monoisotopic (exact) mass is 336 g/mol. The van der Waals surface area contributed by atoms with Crippen LogP contribution < -0.4 is 0 Å². The molecule has 2 heterocycles. The van der Waals surface area contributed by atoms with Gasteiger partial charge >= 0.3 is 5.97 Å². The lowest BCUT2D eigenvalue weighted by molar-refractivity contribution is -0.134. The third kappa shape index (κ3) is 5.33. The van der Waals surface area contributed by atoms with E-state index in [0.717, 1.165) is 26.2 Å². The summed E-state index contributed by atoms with van der Waals surface area (Å²) in [6.45, 7) is 7.55. The summed E-state index contributed by atoms with van der Waals surface area (Å²) in [7, 11) is 1.69. The molecule has 2 rings (SSSR count). The van der Waals surface area contributed by atoms with Crippen LogP contribution in [0, 0.1) is 0 Å². The fourth-order valence-electron chi connectivity index (χ4n) is 2.62. The molecular weight excluding hydrogens is 308 g/mol. The Morgan fingerprint density at radius 3 is 2.62 bits per heavy atom. The van der Waals surface area contributed by atoms with Gasteiger partial charge in [-0.3, -0.25) is 9.48 Å². The van der Waals surface area contributed by atoms with E-state index in [1.54, 1.807) is 22.8 Å². The van der Waals surface area contributed by atoms with Gasteiger partial charge in [-0.15, -0.1) is 0 Å². The van der Waals surface area contributed by atoms with Gasteiger partial charge in [0.25, 0.3) is 5.91 Å². The number of hydrogen-bond acceptors (Lipinski definition) is 5. The zero-order valence-electron chi connectivity index (χ0n) is 14.9. The van der Waals surface area contributed by atoms with Crippen molar-refractivity contribution in [1.82, 2.24) is 19.6 Å². The summed E-state index contributed by atoms with van der Waals surface area (Å²) in [5.41, 5.74) is 0.383. The van der Waals surface area contributed by atoms with Gasteiger partial charge in [-0.25, -0.2) is 4.79 Å². The van der Waals surface area contributed by atoms with Gasteiger partial charge < -0.3 is 14.5 Å². The van der Waals surface area contributed by atoms with Crippen molar-refractivity contribution in [3.05, 3.63) is 18.0 Å². The van der Waals surface area contributed by atoms with Gasteiger partial charge in [0.1, 0.15) is 0 Å². The van der Waals surface area contributed by atoms with Gasteiger partial charge in [-0.2, -0.15) is 5.10 Å². The maximum Gasteiger partial charge on any atom is 0.341 e. The summed E-state index contributed by atoms with van der Waals surface area (Å²) in [6, 6.07) is 0.0775. The zero-order valence-corrected chi connectivity index (χ0v) is 14.9. The van der Waals surface area contributed by atoms with Crippen molar-refractivity contribution in [2.24, 2.45) is 0 Å². The molecule has 0 unspecified atom stereocenters. The number of amides is 1. The minimum Gasteiger partial charge on any atom is -0.452 e. The fourth-order valence-corrected chi connectivity index (χ4v) is 2.62. The molecule has 1 fully saturated rings. The van der Waals surface area contributed by atoms with Crippen LogP contribution in [0.2, 0.25) is 0 Å². The average molecular weight is 336 g/mol. The van der Waals surface area contributed by atoms with Gasteiger partial charge in [-0.05, 0) is 39.8 Å². The van der Waals surface area contributed by atoms with Crippen molar-refractivity contribution in [2.45, 2.75) is 45.7 Å². The van der Waals surface area contributed by atoms with Gasteiger partial charge in [0.05, 0.1) is 18.3 Å². The maximum absolute atomic E-state index is 12.0. The molecule has 134 valence electrons. The highest BCUT2D eigenvalue weighted by atomic mass is 16.5. The number of rotatable bonds is 7. The number of likely N-dealkylation sites (tertiary alicyclic amines) is 1. The number of hydrogen-bond donors (Lipinski definition) is 0. The third-order valence-corrected chi connectivity index (χ3v) is 4.46. The molecule has 1 aromatic heterocycles. The van der Waals surface area contributed by atoms with Crippen molar-refractivity contribution in [2.75, 3.05) is 33.3 Å². The van der Waals surface area contributed by atoms with Crippen LogP contribution in [0.3, 0.4) is 0 Å². The smallest absolute Gasteiger partial charge is 0.341 e. The van der Waals surface area contributed by atoms with Crippen LogP contribution in [-0.2, 0) is 16.1 Å². The molecule has 0 bridgehead atoms. The number of esters is 1. The molecule has 0 N–H and O–H groups in total. The van der Waals surface area contributed by atoms with E-state index in [1.807, 2.05) is 13.8 Å². The van der Waals surface area contributed by atoms with Gasteiger partial charge in [0.15, 0.2) is 6.61 Å². The Morgan fingerprint density at radius 2 is 1.96 bits per heavy atom. The van der Waals surface area contributed by atoms with E-state index in [-0.39, 0.29) is 18.6 Å². The van der Waals surface area contributed by atoms with E-state index < -0.39 is 5.97 Å². The Labute approximate surface area is 143 Å². The molecule has 1 aliphatic heterocycles. The predicted octanol–water partition coefficient (Wildman–Crippen LogP) is 1.39. The van der Waals surface area contributed by atoms with Crippen LogP contribution >= 0.6 is 0 Å². The number of carbonyl (C=O) groups excluding carboxylic acids is 2. The number of piperidine rings is 1. The summed E-state index contributed by atoms with van der Waals surface area (Å²) >= 11 is 0. The molecule has 0 atom stereocenters. The summed E-state index contributed by atoms with van der Waals surface area (Å²) in [5.74, 6) is -0.722. The Balaban J connectivity index is 1.77. The molecule has 24 heavy (non-hydrogen) atoms. The molecule has 1 aromatic rings. The van der Waals surface area contributed by atoms with Gasteiger partial charge in [-0.1, -0.05) is 6.42 Å².